The predicted molar refractivity (Wildman–Crippen MR) is 87.2 cm³/mol. The second-order valence-electron chi connectivity index (χ2n) is 6.10. The zero-order valence-electron chi connectivity index (χ0n) is 13.5. The Hall–Kier alpha value is -1.42. The lowest BCUT2D eigenvalue weighted by Gasteiger charge is -2.31. The van der Waals surface area contributed by atoms with Gasteiger partial charge in [0.25, 0.3) is 0 Å². The van der Waals surface area contributed by atoms with E-state index >= 15 is 0 Å². The van der Waals surface area contributed by atoms with Crippen LogP contribution >= 0.6 is 0 Å². The minimum absolute atomic E-state index is 0.124. The molecule has 2 rings (SSSR count). The lowest BCUT2D eigenvalue weighted by molar-refractivity contribution is -0.126. The number of carbonyl (C=O) groups is 1. The zero-order valence-corrected chi connectivity index (χ0v) is 13.5. The van der Waals surface area contributed by atoms with Crippen molar-refractivity contribution >= 4 is 5.91 Å². The summed E-state index contributed by atoms with van der Waals surface area (Å²) in [5, 5.41) is 2.96. The summed E-state index contributed by atoms with van der Waals surface area (Å²) in [6, 6.07) is 6.74. The minimum Gasteiger partial charge on any atom is -0.356 e. The quantitative estimate of drug-likeness (QED) is 0.840. The number of amides is 1. The molecule has 22 heavy (non-hydrogen) atoms. The molecule has 1 saturated heterocycles. The van der Waals surface area contributed by atoms with Crippen LogP contribution in [-0.4, -0.2) is 37.0 Å². The van der Waals surface area contributed by atoms with E-state index in [1.54, 1.807) is 12.1 Å². The van der Waals surface area contributed by atoms with Gasteiger partial charge in [-0.25, -0.2) is 4.39 Å². The first kappa shape index (κ1) is 16.9. The fraction of sp³-hybridized carbons (Fsp3) is 0.611. The molecule has 0 atom stereocenters. The topological polar surface area (TPSA) is 32.3 Å². The summed E-state index contributed by atoms with van der Waals surface area (Å²) in [5.74, 6) is 0.0611. The number of halogens is 1. The van der Waals surface area contributed by atoms with E-state index in [9.17, 15) is 9.18 Å². The second-order valence-corrected chi connectivity index (χ2v) is 6.10. The van der Waals surface area contributed by atoms with Gasteiger partial charge >= 0.3 is 0 Å². The largest absolute Gasteiger partial charge is 0.356 e. The highest BCUT2D eigenvalue weighted by atomic mass is 19.1. The van der Waals surface area contributed by atoms with E-state index in [1.165, 1.54) is 18.9 Å². The van der Waals surface area contributed by atoms with Crippen molar-refractivity contribution in [2.45, 2.75) is 39.0 Å². The first-order valence-electron chi connectivity index (χ1n) is 8.44. The number of benzene rings is 1. The maximum absolute atomic E-state index is 13.5. The van der Waals surface area contributed by atoms with E-state index in [4.69, 9.17) is 0 Å². The van der Waals surface area contributed by atoms with Crippen molar-refractivity contribution in [3.05, 3.63) is 35.6 Å². The maximum atomic E-state index is 13.5. The highest BCUT2D eigenvalue weighted by Gasteiger charge is 2.24. The van der Waals surface area contributed by atoms with Crippen molar-refractivity contribution in [1.82, 2.24) is 10.2 Å². The van der Waals surface area contributed by atoms with Gasteiger partial charge in [0, 0.05) is 12.5 Å². The number of likely N-dealkylation sites (tertiary alicyclic amines) is 1. The first-order valence-corrected chi connectivity index (χ1v) is 8.44. The highest BCUT2D eigenvalue weighted by Crippen LogP contribution is 2.17. The molecule has 1 aromatic carbocycles. The van der Waals surface area contributed by atoms with E-state index < -0.39 is 0 Å². The molecule has 1 fully saturated rings. The average Bonchev–Trinajstić information content (AvgIpc) is 2.55. The molecule has 0 radical (unpaired) electrons. The molecular formula is C18H27FN2O. The molecule has 1 amide bonds. The van der Waals surface area contributed by atoms with Gasteiger partial charge in [-0.15, -0.1) is 0 Å². The van der Waals surface area contributed by atoms with Crippen LogP contribution in [0.1, 0.15) is 38.2 Å². The van der Waals surface area contributed by atoms with Crippen molar-refractivity contribution < 1.29 is 9.18 Å². The monoisotopic (exact) mass is 306 g/mol. The standard InChI is InChI=1S/C18H27FN2O/c1-2-3-12-21-13-9-16(10-14-21)18(22)20-11-8-15-6-4-5-7-17(15)19/h4-7,16H,2-3,8-14H2,1H3,(H,20,22). The molecule has 0 spiro atoms. The Bertz CT molecular complexity index is 470. The summed E-state index contributed by atoms with van der Waals surface area (Å²) in [5.41, 5.74) is 0.664. The van der Waals surface area contributed by atoms with Gasteiger partial charge in [-0.3, -0.25) is 4.79 Å². The fourth-order valence-electron chi connectivity index (χ4n) is 2.97. The van der Waals surface area contributed by atoms with E-state index in [-0.39, 0.29) is 17.6 Å². The smallest absolute Gasteiger partial charge is 0.223 e. The van der Waals surface area contributed by atoms with Crippen molar-refractivity contribution in [3.8, 4) is 0 Å². The molecule has 122 valence electrons. The molecule has 0 aliphatic carbocycles. The van der Waals surface area contributed by atoms with Gasteiger partial charge in [-0.05, 0) is 56.9 Å². The summed E-state index contributed by atoms with van der Waals surface area (Å²) in [6.07, 6.45) is 4.88. The lowest BCUT2D eigenvalue weighted by Crippen LogP contribution is -2.41. The van der Waals surface area contributed by atoms with Crippen LogP contribution in [0.15, 0.2) is 24.3 Å². The Morgan fingerprint density at radius 3 is 2.73 bits per heavy atom. The van der Waals surface area contributed by atoms with E-state index in [0.717, 1.165) is 32.5 Å². The van der Waals surface area contributed by atoms with Gasteiger partial charge in [-0.2, -0.15) is 0 Å². The van der Waals surface area contributed by atoms with E-state index in [2.05, 4.69) is 17.1 Å². The van der Waals surface area contributed by atoms with Crippen molar-refractivity contribution in [2.75, 3.05) is 26.2 Å². The van der Waals surface area contributed by atoms with Crippen LogP contribution in [-0.2, 0) is 11.2 Å². The number of nitrogens with one attached hydrogen (secondary N) is 1. The Labute approximate surface area is 132 Å². The predicted octanol–water partition coefficient (Wildman–Crippen LogP) is 3.00. The summed E-state index contributed by atoms with van der Waals surface area (Å²) < 4.78 is 13.5. The van der Waals surface area contributed by atoms with Crippen LogP contribution in [0.3, 0.4) is 0 Å². The van der Waals surface area contributed by atoms with Gasteiger partial charge in [0.2, 0.25) is 5.91 Å². The van der Waals surface area contributed by atoms with Gasteiger partial charge in [0.1, 0.15) is 5.82 Å². The number of unbranched alkanes of at least 4 members (excludes halogenated alkanes) is 1. The zero-order chi connectivity index (χ0) is 15.8. The number of rotatable bonds is 7. The van der Waals surface area contributed by atoms with Crippen LogP contribution in [0.2, 0.25) is 0 Å². The molecule has 1 aliphatic rings. The summed E-state index contributed by atoms with van der Waals surface area (Å²) in [7, 11) is 0. The van der Waals surface area contributed by atoms with Crippen LogP contribution in [0, 0.1) is 11.7 Å². The van der Waals surface area contributed by atoms with Crippen LogP contribution < -0.4 is 5.32 Å². The molecule has 1 aliphatic heterocycles. The van der Waals surface area contributed by atoms with Gasteiger partial charge in [-0.1, -0.05) is 31.5 Å². The van der Waals surface area contributed by atoms with Crippen LogP contribution in [0.5, 0.6) is 0 Å². The number of carbonyl (C=O) groups excluding carboxylic acids is 1. The van der Waals surface area contributed by atoms with Crippen molar-refractivity contribution in [2.24, 2.45) is 5.92 Å². The first-order chi connectivity index (χ1) is 10.7. The highest BCUT2D eigenvalue weighted by molar-refractivity contribution is 5.78. The van der Waals surface area contributed by atoms with Gasteiger partial charge in [0.15, 0.2) is 0 Å². The third-order valence-corrected chi connectivity index (χ3v) is 4.44. The molecule has 0 aromatic heterocycles. The molecule has 0 bridgehead atoms. The molecule has 1 aromatic rings. The molecule has 0 saturated carbocycles. The fourth-order valence-corrected chi connectivity index (χ4v) is 2.97. The van der Waals surface area contributed by atoms with Gasteiger partial charge in [0.05, 0.1) is 0 Å². The maximum Gasteiger partial charge on any atom is 0.223 e. The van der Waals surface area contributed by atoms with E-state index in [0.29, 0.717) is 18.5 Å². The minimum atomic E-state index is -0.194. The Morgan fingerprint density at radius 2 is 2.05 bits per heavy atom. The number of piperidine rings is 1. The van der Waals surface area contributed by atoms with Gasteiger partial charge < -0.3 is 10.2 Å². The molecule has 0 unspecified atom stereocenters. The van der Waals surface area contributed by atoms with E-state index in [1.807, 2.05) is 6.07 Å². The Kier molecular flexibility index (Phi) is 6.84. The van der Waals surface area contributed by atoms with Crippen LogP contribution in [0.25, 0.3) is 0 Å². The number of hydrogen-bond acceptors (Lipinski definition) is 2. The molecular weight excluding hydrogens is 279 g/mol. The van der Waals surface area contributed by atoms with Crippen molar-refractivity contribution in [3.63, 3.8) is 0 Å². The second kappa shape index (κ2) is 8.89. The molecule has 4 heteroatoms. The normalized spacial score (nSPS) is 16.6. The summed E-state index contributed by atoms with van der Waals surface area (Å²) in [6.45, 7) is 5.90. The molecule has 1 heterocycles. The summed E-state index contributed by atoms with van der Waals surface area (Å²) in [4.78, 5) is 14.6. The summed E-state index contributed by atoms with van der Waals surface area (Å²) >= 11 is 0. The van der Waals surface area contributed by atoms with Crippen molar-refractivity contribution in [1.29, 1.82) is 0 Å². The average molecular weight is 306 g/mol. The lowest BCUT2D eigenvalue weighted by atomic mass is 9.95. The third-order valence-electron chi connectivity index (χ3n) is 4.44. The number of hydrogen-bond donors (Lipinski definition) is 1. The van der Waals surface area contributed by atoms with Crippen LogP contribution in [0.4, 0.5) is 4.39 Å². The Balaban J connectivity index is 1.67. The molecule has 3 nitrogen and oxygen atoms in total. The SMILES string of the molecule is CCCCN1CCC(C(=O)NCCc2ccccc2F)CC1. The number of nitrogens with zero attached hydrogens (tertiary/aromatic N) is 1. The molecule has 1 N–H and O–H groups in total. The Morgan fingerprint density at radius 1 is 1.32 bits per heavy atom. The third kappa shape index (κ3) is 5.09.